The zero-order valence-electron chi connectivity index (χ0n) is 19.5. The van der Waals surface area contributed by atoms with Crippen molar-refractivity contribution in [3.05, 3.63) is 65.5 Å². The van der Waals surface area contributed by atoms with E-state index in [1.165, 1.54) is 18.3 Å². The maximum Gasteiger partial charge on any atom is 0.322 e. The number of hydrogen-bond donors (Lipinski definition) is 1. The standard InChI is InChI=1S/C24H28FN5O3S/c1-4-6-21(17-13-20(15-26-14-17)34(3,32)33)27-24(31)29-12-5-7-22-23(29)16(2)28-30(22)19-10-8-18(25)9-11-19/h8-11,13-15,21H,4-7,12H2,1-3H3,(H,27,31). The van der Waals surface area contributed by atoms with Gasteiger partial charge >= 0.3 is 6.03 Å². The number of pyridine rings is 1. The Morgan fingerprint density at radius 1 is 1.24 bits per heavy atom. The Balaban J connectivity index is 1.63. The molecule has 8 nitrogen and oxygen atoms in total. The number of halogens is 1. The van der Waals surface area contributed by atoms with Crippen LogP contribution in [0.1, 0.15) is 49.2 Å². The van der Waals surface area contributed by atoms with Gasteiger partial charge in [-0.05, 0) is 62.1 Å². The van der Waals surface area contributed by atoms with Crippen molar-refractivity contribution >= 4 is 21.6 Å². The smallest absolute Gasteiger partial charge is 0.322 e. The van der Waals surface area contributed by atoms with E-state index in [1.54, 1.807) is 34.0 Å². The van der Waals surface area contributed by atoms with Crippen molar-refractivity contribution in [3.63, 3.8) is 0 Å². The van der Waals surface area contributed by atoms with E-state index in [9.17, 15) is 17.6 Å². The van der Waals surface area contributed by atoms with Crippen LogP contribution in [0.2, 0.25) is 0 Å². The number of aromatic nitrogens is 3. The normalized spacial score (nSPS) is 14.5. The number of nitrogens with one attached hydrogen (secondary N) is 1. The van der Waals surface area contributed by atoms with Gasteiger partial charge in [-0.1, -0.05) is 13.3 Å². The van der Waals surface area contributed by atoms with Crippen molar-refractivity contribution in [3.8, 4) is 5.69 Å². The van der Waals surface area contributed by atoms with Gasteiger partial charge < -0.3 is 5.32 Å². The van der Waals surface area contributed by atoms with Crippen LogP contribution in [-0.2, 0) is 16.3 Å². The molecule has 1 aromatic carbocycles. The highest BCUT2D eigenvalue weighted by atomic mass is 32.2. The van der Waals surface area contributed by atoms with Gasteiger partial charge in [0.25, 0.3) is 0 Å². The molecule has 1 aliphatic heterocycles. The summed E-state index contributed by atoms with van der Waals surface area (Å²) in [5.74, 6) is -0.320. The SMILES string of the molecule is CCCC(NC(=O)N1CCCc2c1c(C)nn2-c1ccc(F)cc1)c1cncc(S(C)(=O)=O)c1. The van der Waals surface area contributed by atoms with Gasteiger partial charge in [-0.3, -0.25) is 9.88 Å². The molecule has 180 valence electrons. The fourth-order valence-electron chi connectivity index (χ4n) is 4.32. The topological polar surface area (TPSA) is 97.2 Å². The van der Waals surface area contributed by atoms with Gasteiger partial charge in [0.15, 0.2) is 9.84 Å². The van der Waals surface area contributed by atoms with Gasteiger partial charge in [0, 0.05) is 25.2 Å². The first kappa shape index (κ1) is 23.9. The van der Waals surface area contributed by atoms with Gasteiger partial charge in [0.2, 0.25) is 0 Å². The lowest BCUT2D eigenvalue weighted by Crippen LogP contribution is -2.44. The van der Waals surface area contributed by atoms with Crippen molar-refractivity contribution in [2.75, 3.05) is 17.7 Å². The summed E-state index contributed by atoms with van der Waals surface area (Å²) in [5, 5.41) is 7.71. The minimum atomic E-state index is -3.41. The number of carbonyl (C=O) groups is 1. The molecule has 2 amide bonds. The fraction of sp³-hybridized carbons (Fsp3) is 0.375. The van der Waals surface area contributed by atoms with Crippen LogP contribution in [0.5, 0.6) is 0 Å². The second-order valence-corrected chi connectivity index (χ2v) is 10.6. The number of aryl methyl sites for hydroxylation is 1. The van der Waals surface area contributed by atoms with Crippen molar-refractivity contribution < 1.29 is 17.6 Å². The minimum Gasteiger partial charge on any atom is -0.331 e. The first-order valence-electron chi connectivity index (χ1n) is 11.3. The van der Waals surface area contributed by atoms with Crippen LogP contribution in [0.4, 0.5) is 14.9 Å². The summed E-state index contributed by atoms with van der Waals surface area (Å²) in [6.45, 7) is 4.39. The number of rotatable bonds is 6. The third kappa shape index (κ3) is 4.82. The Bertz CT molecular complexity index is 1300. The lowest BCUT2D eigenvalue weighted by atomic mass is 10.0. The molecule has 3 aromatic rings. The maximum absolute atomic E-state index is 13.4. The van der Waals surface area contributed by atoms with E-state index in [-0.39, 0.29) is 22.8 Å². The van der Waals surface area contributed by atoms with Crippen molar-refractivity contribution in [2.24, 2.45) is 0 Å². The number of hydrogen-bond acceptors (Lipinski definition) is 5. The average molecular weight is 486 g/mol. The highest BCUT2D eigenvalue weighted by molar-refractivity contribution is 7.90. The Labute approximate surface area is 198 Å². The maximum atomic E-state index is 13.4. The molecule has 0 saturated heterocycles. The average Bonchev–Trinajstić information content (AvgIpc) is 3.15. The van der Waals surface area contributed by atoms with Crippen LogP contribution >= 0.6 is 0 Å². The molecule has 1 N–H and O–H groups in total. The fourth-order valence-corrected chi connectivity index (χ4v) is 4.93. The van der Waals surface area contributed by atoms with Crippen LogP contribution in [-0.4, -0.2) is 42.0 Å². The van der Waals surface area contributed by atoms with Crippen molar-refractivity contribution in [2.45, 2.75) is 50.5 Å². The lowest BCUT2D eigenvalue weighted by Gasteiger charge is -2.30. The summed E-state index contributed by atoms with van der Waals surface area (Å²) in [6.07, 6.45) is 6.98. The van der Waals surface area contributed by atoms with Crippen molar-refractivity contribution in [1.29, 1.82) is 0 Å². The molecule has 2 aromatic heterocycles. The molecule has 4 rings (SSSR count). The Morgan fingerprint density at radius 3 is 2.65 bits per heavy atom. The Morgan fingerprint density at radius 2 is 1.97 bits per heavy atom. The predicted molar refractivity (Wildman–Crippen MR) is 127 cm³/mol. The predicted octanol–water partition coefficient (Wildman–Crippen LogP) is 4.12. The van der Waals surface area contributed by atoms with Crippen LogP contribution < -0.4 is 10.2 Å². The quantitative estimate of drug-likeness (QED) is 0.566. The number of fused-ring (bicyclic) bond motifs is 1. The highest BCUT2D eigenvalue weighted by Gasteiger charge is 2.30. The Hall–Kier alpha value is -3.27. The number of amides is 2. The number of carbonyl (C=O) groups excluding carboxylic acids is 1. The van der Waals surface area contributed by atoms with Gasteiger partial charge in [0.1, 0.15) is 5.82 Å². The van der Waals surface area contributed by atoms with Crippen LogP contribution in [0.3, 0.4) is 0 Å². The summed E-state index contributed by atoms with van der Waals surface area (Å²) in [4.78, 5) is 19.3. The van der Waals surface area contributed by atoms with Gasteiger partial charge in [-0.15, -0.1) is 0 Å². The number of anilines is 1. The molecular formula is C24H28FN5O3S. The first-order valence-corrected chi connectivity index (χ1v) is 13.2. The summed E-state index contributed by atoms with van der Waals surface area (Å²) in [5.41, 5.74) is 3.75. The van der Waals surface area contributed by atoms with Gasteiger partial charge in [-0.25, -0.2) is 22.3 Å². The van der Waals surface area contributed by atoms with E-state index in [4.69, 9.17) is 0 Å². The number of urea groups is 1. The highest BCUT2D eigenvalue weighted by Crippen LogP contribution is 2.33. The van der Waals surface area contributed by atoms with E-state index < -0.39 is 9.84 Å². The van der Waals surface area contributed by atoms with Gasteiger partial charge in [0.05, 0.1) is 33.7 Å². The van der Waals surface area contributed by atoms with Crippen LogP contribution in [0, 0.1) is 12.7 Å². The molecule has 1 unspecified atom stereocenters. The Kier molecular flexibility index (Phi) is 6.70. The van der Waals surface area contributed by atoms with Crippen LogP contribution in [0.25, 0.3) is 5.69 Å². The lowest BCUT2D eigenvalue weighted by molar-refractivity contribution is 0.241. The summed E-state index contributed by atoms with van der Waals surface area (Å²) >= 11 is 0. The molecule has 1 atom stereocenters. The zero-order chi connectivity index (χ0) is 24.5. The van der Waals surface area contributed by atoms with Crippen molar-refractivity contribution in [1.82, 2.24) is 20.1 Å². The largest absolute Gasteiger partial charge is 0.331 e. The second kappa shape index (κ2) is 9.54. The summed E-state index contributed by atoms with van der Waals surface area (Å²) < 4.78 is 39.1. The molecular weight excluding hydrogens is 457 g/mol. The molecule has 0 fully saturated rings. The second-order valence-electron chi connectivity index (χ2n) is 8.54. The summed E-state index contributed by atoms with van der Waals surface area (Å²) in [6, 6.07) is 7.03. The number of benzene rings is 1. The molecule has 3 heterocycles. The molecule has 0 spiro atoms. The van der Waals surface area contributed by atoms with E-state index in [2.05, 4.69) is 15.4 Å². The van der Waals surface area contributed by atoms with E-state index in [0.29, 0.717) is 24.2 Å². The van der Waals surface area contributed by atoms with E-state index in [0.717, 1.165) is 42.6 Å². The molecule has 34 heavy (non-hydrogen) atoms. The summed E-state index contributed by atoms with van der Waals surface area (Å²) in [7, 11) is -3.41. The minimum absolute atomic E-state index is 0.122. The molecule has 10 heteroatoms. The molecule has 0 radical (unpaired) electrons. The molecule has 0 saturated carbocycles. The van der Waals surface area contributed by atoms with E-state index in [1.807, 2.05) is 13.8 Å². The van der Waals surface area contributed by atoms with Crippen LogP contribution in [0.15, 0.2) is 47.6 Å². The first-order chi connectivity index (χ1) is 16.2. The third-order valence-corrected chi connectivity index (χ3v) is 7.02. The molecule has 1 aliphatic rings. The monoisotopic (exact) mass is 485 g/mol. The molecule has 0 aliphatic carbocycles. The van der Waals surface area contributed by atoms with Gasteiger partial charge in [-0.2, -0.15) is 5.10 Å². The van der Waals surface area contributed by atoms with E-state index >= 15 is 0 Å². The molecule has 0 bridgehead atoms. The third-order valence-electron chi connectivity index (χ3n) is 5.94. The number of sulfone groups is 1. The number of nitrogens with zero attached hydrogens (tertiary/aromatic N) is 4. The zero-order valence-corrected chi connectivity index (χ0v) is 20.3.